The van der Waals surface area contributed by atoms with Gasteiger partial charge in [-0.1, -0.05) is 19.1 Å². The van der Waals surface area contributed by atoms with E-state index < -0.39 is 0 Å². The second-order valence-corrected chi connectivity index (χ2v) is 3.60. The van der Waals surface area contributed by atoms with E-state index in [0.29, 0.717) is 0 Å². The lowest BCUT2D eigenvalue weighted by molar-refractivity contribution is 0.963. The summed E-state index contributed by atoms with van der Waals surface area (Å²) in [6.45, 7) is 6.17. The van der Waals surface area contributed by atoms with Gasteiger partial charge in [0.25, 0.3) is 0 Å². The lowest BCUT2D eigenvalue weighted by atomic mass is 10.0. The second-order valence-electron chi connectivity index (χ2n) is 3.60. The van der Waals surface area contributed by atoms with Gasteiger partial charge in [-0.3, -0.25) is 0 Å². The van der Waals surface area contributed by atoms with Crippen molar-refractivity contribution in [2.45, 2.75) is 27.2 Å². The highest BCUT2D eigenvalue weighted by atomic mass is 15.1. The molecule has 14 heavy (non-hydrogen) atoms. The average Bonchev–Trinajstić information content (AvgIpc) is 2.23. The molecule has 0 saturated carbocycles. The van der Waals surface area contributed by atoms with Crippen molar-refractivity contribution in [3.63, 3.8) is 0 Å². The highest BCUT2D eigenvalue weighted by Gasteiger charge is 2.03. The molecule has 0 aliphatic heterocycles. The summed E-state index contributed by atoms with van der Waals surface area (Å²) < 4.78 is 0. The summed E-state index contributed by atoms with van der Waals surface area (Å²) in [5.74, 6) is 0. The van der Waals surface area contributed by atoms with E-state index in [4.69, 9.17) is 0 Å². The molecule has 0 N–H and O–H groups in total. The van der Waals surface area contributed by atoms with E-state index in [2.05, 4.69) is 35.3 Å². The topological polar surface area (TPSA) is 25.8 Å². The van der Waals surface area contributed by atoms with E-state index in [0.717, 1.165) is 17.8 Å². The van der Waals surface area contributed by atoms with Crippen LogP contribution < -0.4 is 0 Å². The van der Waals surface area contributed by atoms with E-state index in [1.165, 1.54) is 16.3 Å². The van der Waals surface area contributed by atoms with Gasteiger partial charge in [0, 0.05) is 10.8 Å². The summed E-state index contributed by atoms with van der Waals surface area (Å²) in [7, 11) is 0. The molecule has 0 amide bonds. The molecule has 1 aromatic carbocycles. The maximum Gasteiger partial charge on any atom is 0.0678 e. The predicted octanol–water partition coefficient (Wildman–Crippen LogP) is 2.81. The third-order valence-electron chi connectivity index (χ3n) is 2.62. The third-order valence-corrected chi connectivity index (χ3v) is 2.62. The maximum atomic E-state index is 4.13. The molecule has 2 heteroatoms. The Balaban J connectivity index is 2.80. The average molecular weight is 186 g/mol. The van der Waals surface area contributed by atoms with Crippen molar-refractivity contribution < 1.29 is 0 Å². The minimum atomic E-state index is 1.01. The van der Waals surface area contributed by atoms with Crippen LogP contribution >= 0.6 is 0 Å². The molecule has 0 fully saturated rings. The van der Waals surface area contributed by atoms with Crippen molar-refractivity contribution in [2.75, 3.05) is 0 Å². The van der Waals surface area contributed by atoms with Crippen LogP contribution in [0.1, 0.15) is 23.9 Å². The number of benzene rings is 1. The van der Waals surface area contributed by atoms with E-state index in [9.17, 15) is 0 Å². The van der Waals surface area contributed by atoms with Gasteiger partial charge in [-0.2, -0.15) is 10.2 Å². The van der Waals surface area contributed by atoms with Crippen LogP contribution in [0, 0.1) is 13.8 Å². The van der Waals surface area contributed by atoms with Gasteiger partial charge in [-0.05, 0) is 31.9 Å². The lowest BCUT2D eigenvalue weighted by Crippen LogP contribution is -1.93. The number of aryl methyl sites for hydroxylation is 3. The van der Waals surface area contributed by atoms with Crippen LogP contribution in [0.25, 0.3) is 10.8 Å². The zero-order valence-corrected chi connectivity index (χ0v) is 8.83. The first kappa shape index (κ1) is 9.13. The fourth-order valence-corrected chi connectivity index (χ4v) is 1.68. The van der Waals surface area contributed by atoms with Gasteiger partial charge >= 0.3 is 0 Å². The largest absolute Gasteiger partial charge is 0.155 e. The molecular weight excluding hydrogens is 172 g/mol. The summed E-state index contributed by atoms with van der Waals surface area (Å²) in [6.07, 6.45) is 1.07. The van der Waals surface area contributed by atoms with Crippen molar-refractivity contribution in [2.24, 2.45) is 0 Å². The molecular formula is C12H14N2. The van der Waals surface area contributed by atoms with Gasteiger partial charge in [0.2, 0.25) is 0 Å². The van der Waals surface area contributed by atoms with Crippen LogP contribution in [0.2, 0.25) is 0 Å². The van der Waals surface area contributed by atoms with Crippen LogP contribution in [-0.4, -0.2) is 10.2 Å². The lowest BCUT2D eigenvalue weighted by Gasteiger charge is -2.05. The fourth-order valence-electron chi connectivity index (χ4n) is 1.68. The Morgan fingerprint density at radius 3 is 2.29 bits per heavy atom. The van der Waals surface area contributed by atoms with Crippen LogP contribution in [0.3, 0.4) is 0 Å². The summed E-state index contributed by atoms with van der Waals surface area (Å²) in [5, 5.41) is 10.7. The standard InChI is InChI=1S/C12H14N2/c1-4-10-5-6-11-8(2)13-14-9(3)12(11)7-10/h5-7H,4H2,1-3H3. The normalized spacial score (nSPS) is 10.8. The Labute approximate surface area is 84.0 Å². The van der Waals surface area contributed by atoms with Gasteiger partial charge in [0.1, 0.15) is 0 Å². The van der Waals surface area contributed by atoms with Crippen molar-refractivity contribution in [3.8, 4) is 0 Å². The smallest absolute Gasteiger partial charge is 0.0678 e. The first-order chi connectivity index (χ1) is 6.72. The number of hydrogen-bond acceptors (Lipinski definition) is 2. The van der Waals surface area contributed by atoms with E-state index in [-0.39, 0.29) is 0 Å². The quantitative estimate of drug-likeness (QED) is 0.684. The number of fused-ring (bicyclic) bond motifs is 1. The highest BCUT2D eigenvalue weighted by Crippen LogP contribution is 2.20. The van der Waals surface area contributed by atoms with Gasteiger partial charge in [-0.25, -0.2) is 0 Å². The molecule has 72 valence electrons. The summed E-state index contributed by atoms with van der Waals surface area (Å²) >= 11 is 0. The van der Waals surface area contributed by atoms with E-state index in [1.807, 2.05) is 13.8 Å². The molecule has 0 aliphatic carbocycles. The molecule has 0 unspecified atom stereocenters. The van der Waals surface area contributed by atoms with E-state index in [1.54, 1.807) is 0 Å². The van der Waals surface area contributed by atoms with Crippen LogP contribution in [-0.2, 0) is 6.42 Å². The molecule has 2 aromatic rings. The minimum Gasteiger partial charge on any atom is -0.155 e. The first-order valence-corrected chi connectivity index (χ1v) is 4.95. The van der Waals surface area contributed by atoms with Crippen molar-refractivity contribution in [3.05, 3.63) is 35.2 Å². The Kier molecular flexibility index (Phi) is 2.20. The van der Waals surface area contributed by atoms with Crippen molar-refractivity contribution in [1.82, 2.24) is 10.2 Å². The Hall–Kier alpha value is -1.44. The van der Waals surface area contributed by atoms with Crippen molar-refractivity contribution >= 4 is 10.8 Å². The zero-order valence-electron chi connectivity index (χ0n) is 8.83. The molecule has 1 heterocycles. The monoisotopic (exact) mass is 186 g/mol. The Morgan fingerprint density at radius 2 is 1.64 bits per heavy atom. The molecule has 2 rings (SSSR count). The van der Waals surface area contributed by atoms with Crippen molar-refractivity contribution in [1.29, 1.82) is 0 Å². The highest BCUT2D eigenvalue weighted by molar-refractivity contribution is 5.86. The fraction of sp³-hybridized carbons (Fsp3) is 0.333. The van der Waals surface area contributed by atoms with Crippen LogP contribution in [0.15, 0.2) is 18.2 Å². The van der Waals surface area contributed by atoms with E-state index >= 15 is 0 Å². The molecule has 0 radical (unpaired) electrons. The molecule has 0 atom stereocenters. The summed E-state index contributed by atoms with van der Waals surface area (Å²) in [6, 6.07) is 6.52. The summed E-state index contributed by atoms with van der Waals surface area (Å²) in [5.41, 5.74) is 3.38. The van der Waals surface area contributed by atoms with Gasteiger partial charge < -0.3 is 0 Å². The van der Waals surface area contributed by atoms with Gasteiger partial charge in [0.05, 0.1) is 11.4 Å². The number of nitrogens with zero attached hydrogens (tertiary/aromatic N) is 2. The summed E-state index contributed by atoms with van der Waals surface area (Å²) in [4.78, 5) is 0. The van der Waals surface area contributed by atoms with Gasteiger partial charge in [0.15, 0.2) is 0 Å². The SMILES string of the molecule is CCc1ccc2c(C)nnc(C)c2c1. The van der Waals surface area contributed by atoms with Crippen LogP contribution in [0.5, 0.6) is 0 Å². The maximum absolute atomic E-state index is 4.13. The molecule has 0 aliphatic rings. The first-order valence-electron chi connectivity index (χ1n) is 4.95. The molecule has 0 bridgehead atoms. The molecule has 2 nitrogen and oxygen atoms in total. The molecule has 1 aromatic heterocycles. The molecule has 0 spiro atoms. The number of rotatable bonds is 1. The number of hydrogen-bond donors (Lipinski definition) is 0. The van der Waals surface area contributed by atoms with Gasteiger partial charge in [-0.15, -0.1) is 0 Å². The Morgan fingerprint density at radius 1 is 1.00 bits per heavy atom. The second kappa shape index (κ2) is 3.37. The van der Waals surface area contributed by atoms with Crippen LogP contribution in [0.4, 0.5) is 0 Å². The Bertz CT molecular complexity index is 475. The molecule has 0 saturated heterocycles. The zero-order chi connectivity index (χ0) is 10.1. The predicted molar refractivity (Wildman–Crippen MR) is 58.4 cm³/mol. The number of aromatic nitrogens is 2. The minimum absolute atomic E-state index is 1.01. The third kappa shape index (κ3) is 1.37.